The molecule has 1 aromatic rings. The van der Waals surface area contributed by atoms with Crippen LogP contribution in [-0.4, -0.2) is 18.0 Å². The summed E-state index contributed by atoms with van der Waals surface area (Å²) in [6, 6.07) is 7.37. The van der Waals surface area contributed by atoms with Gasteiger partial charge in [-0.3, -0.25) is 4.90 Å². The first-order valence-electron chi connectivity index (χ1n) is 6.09. The molecule has 2 rings (SSSR count). The number of hydrogen-bond acceptors (Lipinski definition) is 2. The Bertz CT molecular complexity index is 453. The van der Waals surface area contributed by atoms with Crippen LogP contribution in [0.5, 0.6) is 0 Å². The highest BCUT2D eigenvalue weighted by atomic mass is 79.9. The molecule has 0 spiro atoms. The highest BCUT2D eigenvalue weighted by Crippen LogP contribution is 2.30. The Labute approximate surface area is 116 Å². The van der Waals surface area contributed by atoms with Crippen molar-refractivity contribution in [3.05, 3.63) is 34.1 Å². The zero-order valence-electron chi connectivity index (χ0n) is 10.4. The summed E-state index contributed by atoms with van der Waals surface area (Å²) in [5.41, 5.74) is 0.793. The number of nitrogens with zero attached hydrogens (tertiary/aromatic N) is 2. The van der Waals surface area contributed by atoms with Gasteiger partial charge in [-0.05, 0) is 56.6 Å². The first kappa shape index (κ1) is 13.5. The molecule has 1 heterocycles. The number of benzene rings is 1. The Kier molecular flexibility index (Phi) is 4.04. The standard InChI is InChI=1S/C14H16BrFN2/c1-14(10-17)2-4-18(5-3-14)9-11-6-12(15)8-13(16)7-11/h6-8H,2-5,9H2,1H3. The minimum atomic E-state index is -0.210. The minimum Gasteiger partial charge on any atom is -0.299 e. The monoisotopic (exact) mass is 310 g/mol. The van der Waals surface area contributed by atoms with Crippen LogP contribution in [-0.2, 0) is 6.54 Å². The SMILES string of the molecule is CC1(C#N)CCN(Cc2cc(F)cc(Br)c2)CC1. The Balaban J connectivity index is 1.98. The number of hydrogen-bond donors (Lipinski definition) is 0. The van der Waals surface area contributed by atoms with Crippen LogP contribution in [0.4, 0.5) is 4.39 Å². The lowest BCUT2D eigenvalue weighted by Gasteiger charge is -2.34. The van der Waals surface area contributed by atoms with E-state index in [1.165, 1.54) is 6.07 Å². The van der Waals surface area contributed by atoms with Crippen LogP contribution in [0.15, 0.2) is 22.7 Å². The van der Waals surface area contributed by atoms with Crippen molar-refractivity contribution in [2.24, 2.45) is 5.41 Å². The van der Waals surface area contributed by atoms with Gasteiger partial charge in [0.15, 0.2) is 0 Å². The van der Waals surface area contributed by atoms with E-state index in [2.05, 4.69) is 26.9 Å². The molecule has 96 valence electrons. The molecule has 0 N–H and O–H groups in total. The molecule has 1 saturated heterocycles. The summed E-state index contributed by atoms with van der Waals surface area (Å²) in [6.07, 6.45) is 1.78. The number of likely N-dealkylation sites (tertiary alicyclic amines) is 1. The summed E-state index contributed by atoms with van der Waals surface area (Å²) in [7, 11) is 0. The van der Waals surface area contributed by atoms with Crippen LogP contribution in [0.1, 0.15) is 25.3 Å². The normalized spacial score (nSPS) is 19.4. The van der Waals surface area contributed by atoms with E-state index in [9.17, 15) is 4.39 Å². The molecule has 0 aliphatic carbocycles. The third-order valence-corrected chi connectivity index (χ3v) is 4.02. The molecule has 1 fully saturated rings. The zero-order chi connectivity index (χ0) is 13.2. The van der Waals surface area contributed by atoms with E-state index in [0.29, 0.717) is 0 Å². The van der Waals surface area contributed by atoms with E-state index >= 15 is 0 Å². The van der Waals surface area contributed by atoms with Gasteiger partial charge in [0.05, 0.1) is 11.5 Å². The summed E-state index contributed by atoms with van der Waals surface area (Å²) in [6.45, 7) is 4.57. The molecule has 4 heteroatoms. The van der Waals surface area contributed by atoms with Crippen molar-refractivity contribution in [1.29, 1.82) is 5.26 Å². The molecule has 0 unspecified atom stereocenters. The maximum atomic E-state index is 13.3. The molecule has 1 aliphatic heterocycles. The molecule has 0 amide bonds. The molecule has 1 aromatic carbocycles. The molecule has 18 heavy (non-hydrogen) atoms. The fraction of sp³-hybridized carbons (Fsp3) is 0.500. The molecule has 0 radical (unpaired) electrons. The summed E-state index contributed by atoms with van der Waals surface area (Å²) in [4.78, 5) is 2.28. The molecule has 0 bridgehead atoms. The third-order valence-electron chi connectivity index (χ3n) is 3.56. The second kappa shape index (κ2) is 5.38. The van der Waals surface area contributed by atoms with Gasteiger partial charge < -0.3 is 0 Å². The lowest BCUT2D eigenvalue weighted by Crippen LogP contribution is -2.37. The van der Waals surface area contributed by atoms with Crippen molar-refractivity contribution >= 4 is 15.9 Å². The maximum Gasteiger partial charge on any atom is 0.124 e. The predicted octanol–water partition coefficient (Wildman–Crippen LogP) is 3.71. The van der Waals surface area contributed by atoms with Crippen LogP contribution in [0, 0.1) is 22.6 Å². The van der Waals surface area contributed by atoms with Gasteiger partial charge in [-0.15, -0.1) is 0 Å². The van der Waals surface area contributed by atoms with Gasteiger partial charge in [0.1, 0.15) is 5.82 Å². The van der Waals surface area contributed by atoms with E-state index in [1.807, 2.05) is 13.0 Å². The highest BCUT2D eigenvalue weighted by molar-refractivity contribution is 9.10. The fourth-order valence-electron chi connectivity index (χ4n) is 2.28. The molecule has 0 atom stereocenters. The van der Waals surface area contributed by atoms with Crippen molar-refractivity contribution in [3.8, 4) is 6.07 Å². The smallest absolute Gasteiger partial charge is 0.124 e. The number of piperidine rings is 1. The number of halogens is 2. The van der Waals surface area contributed by atoms with Gasteiger partial charge in [0.2, 0.25) is 0 Å². The van der Waals surface area contributed by atoms with Gasteiger partial charge in [-0.1, -0.05) is 15.9 Å². The Morgan fingerprint density at radius 1 is 1.39 bits per heavy atom. The van der Waals surface area contributed by atoms with Gasteiger partial charge in [-0.25, -0.2) is 4.39 Å². The van der Waals surface area contributed by atoms with Crippen LogP contribution < -0.4 is 0 Å². The van der Waals surface area contributed by atoms with E-state index < -0.39 is 0 Å². The molecule has 1 aliphatic rings. The van der Waals surface area contributed by atoms with Gasteiger partial charge in [0, 0.05) is 11.0 Å². The summed E-state index contributed by atoms with van der Waals surface area (Å²) < 4.78 is 14.0. The average molecular weight is 311 g/mol. The second-order valence-corrected chi connectivity index (χ2v) is 6.14. The van der Waals surface area contributed by atoms with E-state index in [0.717, 1.165) is 42.5 Å². The van der Waals surface area contributed by atoms with Crippen LogP contribution >= 0.6 is 15.9 Å². The van der Waals surface area contributed by atoms with Crippen LogP contribution in [0.2, 0.25) is 0 Å². The fourth-order valence-corrected chi connectivity index (χ4v) is 2.79. The van der Waals surface area contributed by atoms with Crippen LogP contribution in [0.25, 0.3) is 0 Å². The first-order valence-corrected chi connectivity index (χ1v) is 6.89. The third kappa shape index (κ3) is 3.30. The van der Waals surface area contributed by atoms with Crippen molar-refractivity contribution in [1.82, 2.24) is 4.90 Å². The Morgan fingerprint density at radius 2 is 2.06 bits per heavy atom. The first-order chi connectivity index (χ1) is 8.50. The lowest BCUT2D eigenvalue weighted by molar-refractivity contribution is 0.150. The van der Waals surface area contributed by atoms with Gasteiger partial charge in [-0.2, -0.15) is 5.26 Å². The number of nitriles is 1. The summed E-state index contributed by atoms with van der Waals surface area (Å²) in [5.74, 6) is -0.210. The Morgan fingerprint density at radius 3 is 2.61 bits per heavy atom. The predicted molar refractivity (Wildman–Crippen MR) is 72.3 cm³/mol. The molecule has 0 aromatic heterocycles. The largest absolute Gasteiger partial charge is 0.299 e. The molecule has 2 nitrogen and oxygen atoms in total. The number of rotatable bonds is 2. The van der Waals surface area contributed by atoms with Crippen molar-refractivity contribution in [3.63, 3.8) is 0 Å². The minimum absolute atomic E-state index is 0.182. The van der Waals surface area contributed by atoms with Crippen molar-refractivity contribution in [2.45, 2.75) is 26.3 Å². The van der Waals surface area contributed by atoms with E-state index in [1.54, 1.807) is 6.07 Å². The van der Waals surface area contributed by atoms with Gasteiger partial charge in [0.25, 0.3) is 0 Å². The molecule has 0 saturated carbocycles. The second-order valence-electron chi connectivity index (χ2n) is 5.23. The summed E-state index contributed by atoms with van der Waals surface area (Å²) in [5, 5.41) is 9.07. The van der Waals surface area contributed by atoms with E-state index in [-0.39, 0.29) is 11.2 Å². The molecular formula is C14H16BrFN2. The molecular weight excluding hydrogens is 295 g/mol. The Hall–Kier alpha value is -0.920. The summed E-state index contributed by atoms with van der Waals surface area (Å²) >= 11 is 3.31. The van der Waals surface area contributed by atoms with Crippen LogP contribution in [0.3, 0.4) is 0 Å². The maximum absolute atomic E-state index is 13.3. The topological polar surface area (TPSA) is 27.0 Å². The lowest BCUT2D eigenvalue weighted by atomic mass is 9.82. The van der Waals surface area contributed by atoms with Gasteiger partial charge >= 0.3 is 0 Å². The zero-order valence-corrected chi connectivity index (χ0v) is 12.0. The van der Waals surface area contributed by atoms with Crippen molar-refractivity contribution < 1.29 is 4.39 Å². The highest BCUT2D eigenvalue weighted by Gasteiger charge is 2.29. The average Bonchev–Trinajstić information content (AvgIpc) is 2.31. The van der Waals surface area contributed by atoms with Crippen molar-refractivity contribution in [2.75, 3.05) is 13.1 Å². The van der Waals surface area contributed by atoms with E-state index in [4.69, 9.17) is 5.26 Å². The quantitative estimate of drug-likeness (QED) is 0.832.